The van der Waals surface area contributed by atoms with Crippen LogP contribution in [0.4, 0.5) is 5.69 Å². The third-order valence-electron chi connectivity index (χ3n) is 3.37. The molecule has 1 heterocycles. The van der Waals surface area contributed by atoms with E-state index >= 15 is 0 Å². The van der Waals surface area contributed by atoms with Gasteiger partial charge in [0.2, 0.25) is 0 Å². The maximum Gasteiger partial charge on any atom is 0.364 e. The Bertz CT molecular complexity index is 500. The summed E-state index contributed by atoms with van der Waals surface area (Å²) in [5, 5.41) is 9.34. The van der Waals surface area contributed by atoms with Crippen molar-refractivity contribution in [2.45, 2.75) is 18.6 Å². The normalized spacial score (nSPS) is 23.2. The van der Waals surface area contributed by atoms with Crippen LogP contribution in [0, 0.1) is 0 Å². The maximum absolute atomic E-state index is 12.0. The fourth-order valence-electron chi connectivity index (χ4n) is 2.20. The number of aliphatic carboxylic acids is 1. The summed E-state index contributed by atoms with van der Waals surface area (Å²) in [7, 11) is 1.64. The molecule has 0 saturated carbocycles. The number of carbonyl (C=O) groups is 2. The van der Waals surface area contributed by atoms with E-state index in [4.69, 9.17) is 10.5 Å². The maximum atomic E-state index is 12.0. The molecule has 6 nitrogen and oxygen atoms in total. The fraction of sp³-hybridized carbons (Fsp3) is 0.385. The highest BCUT2D eigenvalue weighted by atomic mass is 16.6. The Kier molecular flexibility index (Phi) is 3.44. The minimum atomic E-state index is -1.56. The molecule has 1 fully saturated rings. The van der Waals surface area contributed by atoms with Gasteiger partial charge in [0.1, 0.15) is 0 Å². The Hall–Kier alpha value is -2.08. The molecule has 0 aromatic heterocycles. The lowest BCUT2D eigenvalue weighted by Crippen LogP contribution is -2.52. The second-order valence-electron chi connectivity index (χ2n) is 4.63. The topological polar surface area (TPSA) is 92.9 Å². The smallest absolute Gasteiger partial charge is 0.364 e. The number of hydrogen-bond donors (Lipinski definition) is 2. The lowest BCUT2D eigenvalue weighted by Gasteiger charge is -2.31. The molecule has 1 saturated heterocycles. The average Bonchev–Trinajstić information content (AvgIpc) is 2.73. The van der Waals surface area contributed by atoms with E-state index in [0.717, 1.165) is 0 Å². The molecule has 6 heteroatoms. The molecule has 0 spiro atoms. The van der Waals surface area contributed by atoms with E-state index < -0.39 is 17.7 Å². The number of hydrogen-bond acceptors (Lipinski definition) is 5. The lowest BCUT2D eigenvalue weighted by molar-refractivity contribution is -0.175. The van der Waals surface area contributed by atoms with E-state index in [0.29, 0.717) is 25.1 Å². The number of carboxylic acid groups (broad SMARTS) is 1. The molecule has 2 rings (SSSR count). The number of carbonyl (C=O) groups excluding carboxylic acids is 1. The number of nitrogens with two attached hydrogens (primary N) is 1. The summed E-state index contributed by atoms with van der Waals surface area (Å²) in [4.78, 5) is 25.0. The largest absolute Gasteiger partial charge is 0.477 e. The van der Waals surface area contributed by atoms with Gasteiger partial charge in [0.25, 0.3) is 5.72 Å². The third-order valence-corrected chi connectivity index (χ3v) is 3.37. The van der Waals surface area contributed by atoms with Gasteiger partial charge in [-0.25, -0.2) is 9.59 Å². The van der Waals surface area contributed by atoms with Crippen LogP contribution in [0.15, 0.2) is 24.3 Å². The number of rotatable bonds is 3. The number of anilines is 1. The molecule has 1 unspecified atom stereocenters. The summed E-state index contributed by atoms with van der Waals surface area (Å²) in [5.41, 5.74) is 4.79. The monoisotopic (exact) mass is 264 g/mol. The summed E-state index contributed by atoms with van der Waals surface area (Å²) in [5.74, 6) is -1.80. The summed E-state index contributed by atoms with van der Waals surface area (Å²) in [6.07, 6.45) is 0.970. The van der Waals surface area contributed by atoms with E-state index in [1.54, 1.807) is 24.1 Å². The van der Waals surface area contributed by atoms with Crippen LogP contribution in [-0.4, -0.2) is 41.3 Å². The average molecular weight is 264 g/mol. The van der Waals surface area contributed by atoms with Crippen molar-refractivity contribution in [1.29, 1.82) is 0 Å². The molecule has 1 aromatic rings. The molecule has 0 bridgehead atoms. The van der Waals surface area contributed by atoms with E-state index in [1.807, 2.05) is 0 Å². The van der Waals surface area contributed by atoms with Crippen molar-refractivity contribution < 1.29 is 19.4 Å². The third kappa shape index (κ3) is 2.39. The number of nitrogens with zero attached hydrogens (tertiary/aromatic N) is 1. The van der Waals surface area contributed by atoms with Gasteiger partial charge in [-0.2, -0.15) is 0 Å². The molecule has 0 radical (unpaired) electrons. The minimum absolute atomic E-state index is 0.287. The molecule has 1 atom stereocenters. The van der Waals surface area contributed by atoms with Crippen LogP contribution in [-0.2, 0) is 9.53 Å². The zero-order valence-electron chi connectivity index (χ0n) is 10.6. The quantitative estimate of drug-likeness (QED) is 0.623. The Balaban J connectivity index is 2.21. The molecule has 0 amide bonds. The van der Waals surface area contributed by atoms with E-state index in [9.17, 15) is 14.7 Å². The van der Waals surface area contributed by atoms with Gasteiger partial charge in [-0.3, -0.25) is 4.90 Å². The summed E-state index contributed by atoms with van der Waals surface area (Å²) >= 11 is 0. The van der Waals surface area contributed by atoms with E-state index in [1.165, 1.54) is 12.1 Å². The first-order valence-corrected chi connectivity index (χ1v) is 5.99. The van der Waals surface area contributed by atoms with Crippen molar-refractivity contribution in [3.63, 3.8) is 0 Å². The number of esters is 1. The van der Waals surface area contributed by atoms with Gasteiger partial charge in [-0.1, -0.05) is 0 Å². The molecule has 1 aliphatic heterocycles. The highest BCUT2D eigenvalue weighted by molar-refractivity contribution is 5.92. The summed E-state index contributed by atoms with van der Waals surface area (Å²) < 4.78 is 5.25. The Morgan fingerprint density at radius 2 is 2.00 bits per heavy atom. The van der Waals surface area contributed by atoms with Crippen LogP contribution in [0.3, 0.4) is 0 Å². The van der Waals surface area contributed by atoms with E-state index in [2.05, 4.69) is 0 Å². The van der Waals surface area contributed by atoms with Crippen molar-refractivity contribution in [3.05, 3.63) is 29.8 Å². The van der Waals surface area contributed by atoms with Gasteiger partial charge < -0.3 is 15.6 Å². The van der Waals surface area contributed by atoms with Crippen molar-refractivity contribution in [2.75, 3.05) is 19.3 Å². The second-order valence-corrected chi connectivity index (χ2v) is 4.63. The van der Waals surface area contributed by atoms with E-state index in [-0.39, 0.29) is 5.56 Å². The fourth-order valence-corrected chi connectivity index (χ4v) is 2.20. The predicted molar refractivity (Wildman–Crippen MR) is 68.5 cm³/mol. The zero-order chi connectivity index (χ0) is 14.0. The molecule has 1 aromatic carbocycles. The number of likely N-dealkylation sites (N-methyl/N-ethyl adjacent to an activating group) is 1. The summed E-state index contributed by atoms with van der Waals surface area (Å²) in [6, 6.07) is 6.18. The summed E-state index contributed by atoms with van der Waals surface area (Å²) in [6.45, 7) is 0.585. The van der Waals surface area contributed by atoms with Crippen molar-refractivity contribution in [3.8, 4) is 0 Å². The highest BCUT2D eigenvalue weighted by Gasteiger charge is 2.49. The molecule has 19 heavy (non-hydrogen) atoms. The van der Waals surface area contributed by atoms with Crippen LogP contribution in [0.2, 0.25) is 0 Å². The number of ether oxygens (including phenoxy) is 1. The Labute approximate surface area is 110 Å². The lowest BCUT2D eigenvalue weighted by atomic mass is 10.1. The molecule has 102 valence electrons. The van der Waals surface area contributed by atoms with Gasteiger partial charge in [0, 0.05) is 18.7 Å². The van der Waals surface area contributed by atoms with Crippen LogP contribution in [0.1, 0.15) is 23.2 Å². The predicted octanol–water partition coefficient (Wildman–Crippen LogP) is 0.932. The molecule has 3 N–H and O–H groups in total. The van der Waals surface area contributed by atoms with Gasteiger partial charge in [-0.05, 0) is 37.7 Å². The van der Waals surface area contributed by atoms with Gasteiger partial charge in [-0.15, -0.1) is 0 Å². The number of nitrogen functional groups attached to an aromatic ring is 1. The first-order chi connectivity index (χ1) is 8.95. The van der Waals surface area contributed by atoms with Gasteiger partial charge in [0.05, 0.1) is 5.56 Å². The van der Waals surface area contributed by atoms with Gasteiger partial charge >= 0.3 is 11.9 Å². The number of benzene rings is 1. The molecule has 1 aliphatic rings. The van der Waals surface area contributed by atoms with Crippen LogP contribution >= 0.6 is 0 Å². The highest BCUT2D eigenvalue weighted by Crippen LogP contribution is 2.30. The van der Waals surface area contributed by atoms with Crippen molar-refractivity contribution >= 4 is 17.6 Å². The van der Waals surface area contributed by atoms with Crippen molar-refractivity contribution in [2.24, 2.45) is 0 Å². The zero-order valence-corrected chi connectivity index (χ0v) is 10.6. The second kappa shape index (κ2) is 4.89. The molecular weight excluding hydrogens is 248 g/mol. The van der Waals surface area contributed by atoms with Crippen LogP contribution < -0.4 is 5.73 Å². The molecule has 0 aliphatic carbocycles. The van der Waals surface area contributed by atoms with Crippen LogP contribution in [0.5, 0.6) is 0 Å². The molecular formula is C13H16N2O4. The van der Waals surface area contributed by atoms with Crippen molar-refractivity contribution in [1.82, 2.24) is 4.90 Å². The first kappa shape index (κ1) is 13.4. The van der Waals surface area contributed by atoms with Crippen LogP contribution in [0.25, 0.3) is 0 Å². The first-order valence-electron chi connectivity index (χ1n) is 5.99. The number of likely N-dealkylation sites (tertiary alicyclic amines) is 1. The Morgan fingerprint density at radius 3 is 2.47 bits per heavy atom. The van der Waals surface area contributed by atoms with Gasteiger partial charge in [0.15, 0.2) is 0 Å². The number of carboxylic acids is 1. The standard InChI is InChI=1S/C13H16N2O4/c1-15-8-2-7-13(15,12(17)18)19-11(16)9-3-5-10(14)6-4-9/h3-6H,2,7-8,14H2,1H3,(H,17,18). The SMILES string of the molecule is CN1CCCC1(OC(=O)c1ccc(N)cc1)C(=O)O. The minimum Gasteiger partial charge on any atom is -0.477 e. The Morgan fingerprint density at radius 1 is 1.37 bits per heavy atom.